The molecular weight excluding hydrogens is 347 g/mol. The number of carbonyl (C=O) groups excluding carboxylic acids is 2. The van der Waals surface area contributed by atoms with Gasteiger partial charge in [0.25, 0.3) is 5.91 Å². The van der Waals surface area contributed by atoms with Gasteiger partial charge in [-0.3, -0.25) is 9.59 Å². The van der Waals surface area contributed by atoms with E-state index in [1.54, 1.807) is 7.05 Å². The smallest absolute Gasteiger partial charge is 0.261 e. The van der Waals surface area contributed by atoms with Crippen LogP contribution in [0.3, 0.4) is 0 Å². The Kier molecular flexibility index (Phi) is 7.34. The summed E-state index contributed by atoms with van der Waals surface area (Å²) < 4.78 is 18.5. The van der Waals surface area contributed by atoms with Gasteiger partial charge in [-0.15, -0.1) is 0 Å². The Morgan fingerprint density at radius 3 is 2.48 bits per heavy atom. The third-order valence-electron chi connectivity index (χ3n) is 4.24. The van der Waals surface area contributed by atoms with Crippen molar-refractivity contribution in [3.63, 3.8) is 0 Å². The number of nitrogens with one attached hydrogen (secondary N) is 1. The Hall–Kier alpha value is -2.89. The van der Waals surface area contributed by atoms with E-state index in [-0.39, 0.29) is 24.2 Å². The van der Waals surface area contributed by atoms with Gasteiger partial charge in [-0.2, -0.15) is 0 Å². The minimum atomic E-state index is -0.597. The molecule has 2 amide bonds. The first kappa shape index (κ1) is 20.4. The molecule has 0 aliphatic heterocycles. The molecule has 0 aromatic heterocycles. The van der Waals surface area contributed by atoms with Crippen molar-refractivity contribution < 1.29 is 18.7 Å². The zero-order valence-electron chi connectivity index (χ0n) is 15.9. The Morgan fingerprint density at radius 1 is 1.19 bits per heavy atom. The summed E-state index contributed by atoms with van der Waals surface area (Å²) in [5.41, 5.74) is 2.02. The van der Waals surface area contributed by atoms with Crippen LogP contribution in [-0.2, 0) is 16.1 Å². The van der Waals surface area contributed by atoms with E-state index in [1.807, 2.05) is 38.1 Å². The fourth-order valence-corrected chi connectivity index (χ4v) is 2.85. The van der Waals surface area contributed by atoms with Crippen molar-refractivity contribution in [2.24, 2.45) is 0 Å². The van der Waals surface area contributed by atoms with Gasteiger partial charge in [-0.1, -0.05) is 36.8 Å². The highest BCUT2D eigenvalue weighted by atomic mass is 19.1. The number of carbonyl (C=O) groups is 2. The maximum Gasteiger partial charge on any atom is 0.261 e. The summed E-state index contributed by atoms with van der Waals surface area (Å²) in [6.07, 6.45) is 0.480. The number of nitrogens with zero attached hydrogens (tertiary/aromatic N) is 1. The van der Waals surface area contributed by atoms with E-state index in [0.29, 0.717) is 18.7 Å². The molecule has 2 aromatic rings. The molecule has 0 radical (unpaired) electrons. The molecule has 0 fully saturated rings. The molecule has 5 nitrogen and oxygen atoms in total. The van der Waals surface area contributed by atoms with Crippen LogP contribution >= 0.6 is 0 Å². The van der Waals surface area contributed by atoms with Gasteiger partial charge in [-0.25, -0.2) is 4.39 Å². The van der Waals surface area contributed by atoms with Crippen molar-refractivity contribution in [1.29, 1.82) is 0 Å². The molecule has 27 heavy (non-hydrogen) atoms. The highest BCUT2D eigenvalue weighted by Gasteiger charge is 2.28. The highest BCUT2D eigenvalue weighted by molar-refractivity contribution is 5.88. The quantitative estimate of drug-likeness (QED) is 0.775. The molecule has 0 aliphatic rings. The van der Waals surface area contributed by atoms with E-state index in [1.165, 1.54) is 29.2 Å². The number of amides is 2. The molecule has 0 aliphatic carbocycles. The van der Waals surface area contributed by atoms with Gasteiger partial charge in [0.1, 0.15) is 17.6 Å². The fraction of sp³-hybridized carbons (Fsp3) is 0.333. The normalized spacial score (nSPS) is 11.6. The SMILES string of the molecule is CC[C@@H](C(=O)NC)N(Cc1cccc(C)c1)C(=O)COc1ccc(F)cc1. The van der Waals surface area contributed by atoms with E-state index in [9.17, 15) is 14.0 Å². The second-order valence-corrected chi connectivity index (χ2v) is 6.29. The minimum absolute atomic E-state index is 0.222. The van der Waals surface area contributed by atoms with Crippen LogP contribution in [0.2, 0.25) is 0 Å². The monoisotopic (exact) mass is 372 g/mol. The summed E-state index contributed by atoms with van der Waals surface area (Å²) in [6, 6.07) is 12.7. The molecule has 2 rings (SSSR count). The van der Waals surface area contributed by atoms with Crippen LogP contribution < -0.4 is 10.1 Å². The Labute approximate surface area is 159 Å². The second kappa shape index (κ2) is 9.71. The molecule has 1 N–H and O–H groups in total. The summed E-state index contributed by atoms with van der Waals surface area (Å²) in [7, 11) is 1.55. The van der Waals surface area contributed by atoms with Crippen LogP contribution in [0.5, 0.6) is 5.75 Å². The van der Waals surface area contributed by atoms with E-state index in [2.05, 4.69) is 5.32 Å². The number of benzene rings is 2. The van der Waals surface area contributed by atoms with Crippen LogP contribution in [0.15, 0.2) is 48.5 Å². The number of likely N-dealkylation sites (N-methyl/N-ethyl adjacent to an activating group) is 1. The van der Waals surface area contributed by atoms with Gasteiger partial charge >= 0.3 is 0 Å². The van der Waals surface area contributed by atoms with Crippen molar-refractivity contribution in [1.82, 2.24) is 10.2 Å². The van der Waals surface area contributed by atoms with Crippen LogP contribution in [0, 0.1) is 12.7 Å². The molecular formula is C21H25FN2O3. The number of halogens is 1. The largest absolute Gasteiger partial charge is 0.484 e. The molecule has 2 aromatic carbocycles. The van der Waals surface area contributed by atoms with Gasteiger partial charge in [0.2, 0.25) is 5.91 Å². The third kappa shape index (κ3) is 5.81. The van der Waals surface area contributed by atoms with Crippen LogP contribution in [0.1, 0.15) is 24.5 Å². The predicted molar refractivity (Wildman–Crippen MR) is 102 cm³/mol. The zero-order chi connectivity index (χ0) is 19.8. The van der Waals surface area contributed by atoms with E-state index >= 15 is 0 Å². The molecule has 0 spiro atoms. The Morgan fingerprint density at radius 2 is 1.89 bits per heavy atom. The summed E-state index contributed by atoms with van der Waals surface area (Å²) in [5.74, 6) is -0.509. The first-order valence-electron chi connectivity index (χ1n) is 8.89. The van der Waals surface area contributed by atoms with Crippen molar-refractivity contribution in [2.45, 2.75) is 32.9 Å². The van der Waals surface area contributed by atoms with Crippen molar-refractivity contribution >= 4 is 11.8 Å². The number of hydrogen-bond donors (Lipinski definition) is 1. The minimum Gasteiger partial charge on any atom is -0.484 e. The van der Waals surface area contributed by atoms with Crippen molar-refractivity contribution in [2.75, 3.05) is 13.7 Å². The topological polar surface area (TPSA) is 58.6 Å². The maximum atomic E-state index is 13.0. The van der Waals surface area contributed by atoms with Gasteiger partial charge < -0.3 is 15.0 Å². The Balaban J connectivity index is 2.17. The average Bonchev–Trinajstić information content (AvgIpc) is 2.67. The lowest BCUT2D eigenvalue weighted by molar-refractivity contribution is -0.142. The Bertz CT molecular complexity index is 777. The van der Waals surface area contributed by atoms with E-state index in [4.69, 9.17) is 4.74 Å². The van der Waals surface area contributed by atoms with Crippen molar-refractivity contribution in [3.05, 3.63) is 65.5 Å². The van der Waals surface area contributed by atoms with Gasteiger partial charge in [0.15, 0.2) is 6.61 Å². The molecule has 0 unspecified atom stereocenters. The number of ether oxygens (including phenoxy) is 1. The number of hydrogen-bond acceptors (Lipinski definition) is 3. The molecule has 0 bridgehead atoms. The van der Waals surface area contributed by atoms with Gasteiger partial charge in [0, 0.05) is 13.6 Å². The highest BCUT2D eigenvalue weighted by Crippen LogP contribution is 2.15. The number of aryl methyl sites for hydroxylation is 1. The summed E-state index contributed by atoms with van der Waals surface area (Å²) in [4.78, 5) is 26.6. The number of rotatable bonds is 8. The lowest BCUT2D eigenvalue weighted by atomic mass is 10.1. The van der Waals surface area contributed by atoms with Gasteiger partial charge in [-0.05, 0) is 43.2 Å². The molecule has 0 saturated carbocycles. The first-order valence-corrected chi connectivity index (χ1v) is 8.89. The van der Waals surface area contributed by atoms with E-state index in [0.717, 1.165) is 11.1 Å². The summed E-state index contributed by atoms with van der Waals surface area (Å²) in [5, 5.41) is 2.61. The maximum absolute atomic E-state index is 13.0. The molecule has 0 heterocycles. The fourth-order valence-electron chi connectivity index (χ4n) is 2.85. The van der Waals surface area contributed by atoms with E-state index < -0.39 is 6.04 Å². The average molecular weight is 372 g/mol. The molecule has 6 heteroatoms. The van der Waals surface area contributed by atoms with Gasteiger partial charge in [0.05, 0.1) is 0 Å². The standard InChI is InChI=1S/C21H25FN2O3/c1-4-19(21(26)23-3)24(13-16-7-5-6-15(2)12-16)20(25)14-27-18-10-8-17(22)9-11-18/h5-12,19H,4,13-14H2,1-3H3,(H,23,26)/t19-/m0/s1. The lowest BCUT2D eigenvalue weighted by Gasteiger charge is -2.30. The lowest BCUT2D eigenvalue weighted by Crippen LogP contribution is -2.49. The van der Waals surface area contributed by atoms with Crippen molar-refractivity contribution in [3.8, 4) is 5.75 Å². The molecule has 144 valence electrons. The summed E-state index contributed by atoms with van der Waals surface area (Å²) in [6.45, 7) is 3.91. The van der Waals surface area contributed by atoms with Crippen LogP contribution in [-0.4, -0.2) is 36.4 Å². The summed E-state index contributed by atoms with van der Waals surface area (Å²) >= 11 is 0. The van der Waals surface area contributed by atoms with Crippen LogP contribution in [0.25, 0.3) is 0 Å². The van der Waals surface area contributed by atoms with Crippen LogP contribution in [0.4, 0.5) is 4.39 Å². The molecule has 1 atom stereocenters. The predicted octanol–water partition coefficient (Wildman–Crippen LogP) is 3.07. The first-order chi connectivity index (χ1) is 12.9. The third-order valence-corrected chi connectivity index (χ3v) is 4.24. The second-order valence-electron chi connectivity index (χ2n) is 6.29. The molecule has 0 saturated heterocycles. The zero-order valence-corrected chi connectivity index (χ0v) is 15.9.